The van der Waals surface area contributed by atoms with Crippen LogP contribution in [0.25, 0.3) is 17.2 Å². The number of aliphatic carboxylic acids is 1. The van der Waals surface area contributed by atoms with Gasteiger partial charge in [-0.2, -0.15) is 4.98 Å². The van der Waals surface area contributed by atoms with Gasteiger partial charge in [0.1, 0.15) is 5.69 Å². The average molecular weight is 355 g/mol. The SMILES string of the molecule is Cn1cc(/C=N\OCC(=O)O)nc2c(=O)n(-c3ccccc3)c(=O)nc1-2. The van der Waals surface area contributed by atoms with Crippen molar-refractivity contribution < 1.29 is 14.7 Å². The van der Waals surface area contributed by atoms with Crippen LogP contribution in [0.5, 0.6) is 0 Å². The molecule has 132 valence electrons. The summed E-state index contributed by atoms with van der Waals surface area (Å²) >= 11 is 0. The third-order valence-electron chi connectivity index (χ3n) is 3.37. The van der Waals surface area contributed by atoms with Crippen LogP contribution in [-0.4, -0.2) is 43.0 Å². The number of hydrogen-bond acceptors (Lipinski definition) is 7. The molecule has 0 bridgehead atoms. The van der Waals surface area contributed by atoms with Crippen molar-refractivity contribution >= 4 is 12.2 Å². The number of hydrogen-bond donors (Lipinski definition) is 1. The molecule has 0 saturated heterocycles. The second-order valence-corrected chi connectivity index (χ2v) is 5.22. The van der Waals surface area contributed by atoms with E-state index in [-0.39, 0.29) is 17.2 Å². The van der Waals surface area contributed by atoms with Crippen LogP contribution in [0.1, 0.15) is 5.69 Å². The van der Waals surface area contributed by atoms with Crippen molar-refractivity contribution in [3.63, 3.8) is 0 Å². The summed E-state index contributed by atoms with van der Waals surface area (Å²) in [4.78, 5) is 48.1. The molecule has 0 spiro atoms. The van der Waals surface area contributed by atoms with Crippen LogP contribution in [0.4, 0.5) is 0 Å². The maximum Gasteiger partial charge on any atom is 0.357 e. The molecule has 0 atom stereocenters. The largest absolute Gasteiger partial charge is 0.479 e. The van der Waals surface area contributed by atoms with E-state index in [2.05, 4.69) is 20.0 Å². The molecule has 0 unspecified atom stereocenters. The van der Waals surface area contributed by atoms with Gasteiger partial charge in [0, 0.05) is 13.2 Å². The zero-order valence-corrected chi connectivity index (χ0v) is 13.6. The summed E-state index contributed by atoms with van der Waals surface area (Å²) in [6.07, 6.45) is 2.65. The van der Waals surface area contributed by atoms with Crippen LogP contribution in [0.15, 0.2) is 51.3 Å². The van der Waals surface area contributed by atoms with Gasteiger partial charge in [0.15, 0.2) is 11.5 Å². The van der Waals surface area contributed by atoms with Gasteiger partial charge in [-0.15, -0.1) is 0 Å². The fourth-order valence-electron chi connectivity index (χ4n) is 2.29. The van der Waals surface area contributed by atoms with Crippen molar-refractivity contribution in [2.24, 2.45) is 12.2 Å². The molecule has 1 aromatic rings. The van der Waals surface area contributed by atoms with Crippen LogP contribution < -0.4 is 11.2 Å². The minimum atomic E-state index is -1.17. The van der Waals surface area contributed by atoms with Gasteiger partial charge in [0.2, 0.25) is 6.61 Å². The highest BCUT2D eigenvalue weighted by Gasteiger charge is 2.19. The molecule has 26 heavy (non-hydrogen) atoms. The third-order valence-corrected chi connectivity index (χ3v) is 3.37. The third kappa shape index (κ3) is 3.34. The molecule has 1 aromatic carbocycles. The van der Waals surface area contributed by atoms with E-state index in [4.69, 9.17) is 5.11 Å². The lowest BCUT2D eigenvalue weighted by molar-refractivity contribution is -0.142. The first-order valence-corrected chi connectivity index (χ1v) is 7.40. The van der Waals surface area contributed by atoms with Crippen molar-refractivity contribution in [1.82, 2.24) is 19.1 Å². The Hall–Kier alpha value is -3.82. The Balaban J connectivity index is 2.12. The number of benzene rings is 1. The minimum Gasteiger partial charge on any atom is -0.479 e. The number of carboxylic acid groups (broad SMARTS) is 1. The Bertz CT molecular complexity index is 1070. The first-order valence-electron chi connectivity index (χ1n) is 7.40. The Morgan fingerprint density at radius 1 is 1.27 bits per heavy atom. The molecule has 0 radical (unpaired) electrons. The molecule has 10 heteroatoms. The van der Waals surface area contributed by atoms with E-state index in [1.807, 2.05) is 0 Å². The van der Waals surface area contributed by atoms with Crippen LogP contribution in [-0.2, 0) is 16.7 Å². The number of aryl methyl sites for hydroxylation is 1. The first-order chi connectivity index (χ1) is 12.5. The van der Waals surface area contributed by atoms with E-state index in [1.54, 1.807) is 37.4 Å². The predicted molar refractivity (Wildman–Crippen MR) is 90.7 cm³/mol. The van der Waals surface area contributed by atoms with E-state index >= 15 is 0 Å². The smallest absolute Gasteiger partial charge is 0.357 e. The number of nitrogens with zero attached hydrogens (tertiary/aromatic N) is 5. The summed E-state index contributed by atoms with van der Waals surface area (Å²) in [5.74, 6) is -1.05. The number of aromatic nitrogens is 4. The van der Waals surface area contributed by atoms with Crippen LogP contribution in [0, 0.1) is 0 Å². The fourth-order valence-corrected chi connectivity index (χ4v) is 2.29. The van der Waals surface area contributed by atoms with Crippen molar-refractivity contribution in [3.8, 4) is 17.2 Å². The summed E-state index contributed by atoms with van der Waals surface area (Å²) in [6.45, 7) is -0.599. The van der Waals surface area contributed by atoms with Gasteiger partial charge in [0.05, 0.1) is 11.9 Å². The number of fused-ring (bicyclic) bond motifs is 1. The van der Waals surface area contributed by atoms with Crippen molar-refractivity contribution in [1.29, 1.82) is 0 Å². The highest BCUT2D eigenvalue weighted by Crippen LogP contribution is 2.11. The monoisotopic (exact) mass is 355 g/mol. The standard InChI is InChI=1S/C16H13N5O5/c1-20-8-10(7-17-26-9-12(22)23)18-13-14(20)19-16(25)21(15(13)24)11-5-3-2-4-6-11/h2-8H,9H2,1H3,(H,22,23)/b17-7-. The number of carbonyl (C=O) groups is 1. The van der Waals surface area contributed by atoms with Crippen LogP contribution in [0.3, 0.4) is 0 Å². The molecule has 2 aliphatic rings. The molecule has 0 aliphatic carbocycles. The van der Waals surface area contributed by atoms with Crippen molar-refractivity contribution in [2.75, 3.05) is 6.61 Å². The van der Waals surface area contributed by atoms with Gasteiger partial charge in [0.25, 0.3) is 5.56 Å². The Morgan fingerprint density at radius 2 is 2.00 bits per heavy atom. The highest BCUT2D eigenvalue weighted by atomic mass is 16.6. The summed E-state index contributed by atoms with van der Waals surface area (Å²) in [5.41, 5.74) is -0.744. The molecule has 0 saturated carbocycles. The van der Waals surface area contributed by atoms with Gasteiger partial charge >= 0.3 is 11.7 Å². The molecule has 0 fully saturated rings. The van der Waals surface area contributed by atoms with E-state index in [0.717, 1.165) is 4.57 Å². The molecule has 2 heterocycles. The second-order valence-electron chi connectivity index (χ2n) is 5.22. The number of rotatable bonds is 5. The summed E-state index contributed by atoms with van der Waals surface area (Å²) in [7, 11) is 1.60. The van der Waals surface area contributed by atoms with Gasteiger partial charge < -0.3 is 14.5 Å². The van der Waals surface area contributed by atoms with Crippen molar-refractivity contribution in [2.45, 2.75) is 0 Å². The predicted octanol–water partition coefficient (Wildman–Crippen LogP) is -0.134. The molecule has 0 amide bonds. The molecule has 1 N–H and O–H groups in total. The molecular formula is C16H13N5O5. The topological polar surface area (TPSA) is 129 Å². The lowest BCUT2D eigenvalue weighted by atomic mass is 10.3. The Labute approximate surface area is 146 Å². The lowest BCUT2D eigenvalue weighted by Crippen LogP contribution is -2.37. The van der Waals surface area contributed by atoms with E-state index in [0.29, 0.717) is 5.69 Å². The number of carboxylic acids is 1. The summed E-state index contributed by atoms with van der Waals surface area (Å²) < 4.78 is 2.39. The quantitative estimate of drug-likeness (QED) is 0.498. The maximum atomic E-state index is 12.8. The van der Waals surface area contributed by atoms with Crippen LogP contribution in [0.2, 0.25) is 0 Å². The number of oxime groups is 1. The average Bonchev–Trinajstić information content (AvgIpc) is 2.61. The van der Waals surface area contributed by atoms with E-state index < -0.39 is 23.8 Å². The van der Waals surface area contributed by atoms with E-state index in [9.17, 15) is 14.4 Å². The molecule has 3 rings (SSSR count). The fraction of sp³-hybridized carbons (Fsp3) is 0.125. The second kappa shape index (κ2) is 6.97. The van der Waals surface area contributed by atoms with E-state index in [1.165, 1.54) is 17.0 Å². The zero-order chi connectivity index (χ0) is 18.7. The molecule has 10 nitrogen and oxygen atoms in total. The first kappa shape index (κ1) is 17.0. The minimum absolute atomic E-state index is 0.0295. The zero-order valence-electron chi connectivity index (χ0n) is 13.6. The van der Waals surface area contributed by atoms with Gasteiger partial charge in [-0.1, -0.05) is 23.4 Å². The summed E-state index contributed by atoms with van der Waals surface area (Å²) in [6, 6.07) is 8.38. The van der Waals surface area contributed by atoms with Gasteiger partial charge in [-0.05, 0) is 12.1 Å². The molecule has 0 aromatic heterocycles. The molecular weight excluding hydrogens is 342 g/mol. The molecule has 2 aliphatic heterocycles. The maximum absolute atomic E-state index is 12.8. The van der Waals surface area contributed by atoms with Crippen LogP contribution >= 0.6 is 0 Å². The van der Waals surface area contributed by atoms with Gasteiger partial charge in [-0.3, -0.25) is 4.79 Å². The Morgan fingerprint density at radius 3 is 2.69 bits per heavy atom. The normalized spacial score (nSPS) is 11.1. The number of para-hydroxylation sites is 1. The van der Waals surface area contributed by atoms with Crippen molar-refractivity contribution in [3.05, 3.63) is 63.1 Å². The summed E-state index contributed by atoms with van der Waals surface area (Å²) in [5, 5.41) is 12.0. The lowest BCUT2D eigenvalue weighted by Gasteiger charge is -2.12. The Kier molecular flexibility index (Phi) is 4.56. The highest BCUT2D eigenvalue weighted by molar-refractivity contribution is 5.77. The van der Waals surface area contributed by atoms with Gasteiger partial charge in [-0.25, -0.2) is 19.1 Å².